The molecule has 3 atom stereocenters. The zero-order chi connectivity index (χ0) is 21.3. The summed E-state index contributed by atoms with van der Waals surface area (Å²) in [5, 5.41) is 0. The Morgan fingerprint density at radius 3 is 1.90 bits per heavy atom. The highest BCUT2D eigenvalue weighted by Crippen LogP contribution is 2.32. The highest BCUT2D eigenvalue weighted by molar-refractivity contribution is 5.82. The number of hydrogen-bond acceptors (Lipinski definition) is 5. The third-order valence-electron chi connectivity index (χ3n) is 6.03. The van der Waals surface area contributed by atoms with Gasteiger partial charge in [0.15, 0.2) is 0 Å². The first kappa shape index (κ1) is 25.9. The molecule has 0 bridgehead atoms. The molecule has 1 rings (SSSR count). The molecule has 3 unspecified atom stereocenters. The van der Waals surface area contributed by atoms with Crippen molar-refractivity contribution in [3.63, 3.8) is 0 Å². The van der Waals surface area contributed by atoms with Gasteiger partial charge in [-0.2, -0.15) is 0 Å². The summed E-state index contributed by atoms with van der Waals surface area (Å²) in [6, 6.07) is 0. The van der Waals surface area contributed by atoms with Crippen LogP contribution in [0.2, 0.25) is 0 Å². The van der Waals surface area contributed by atoms with E-state index in [1.807, 2.05) is 0 Å². The first-order chi connectivity index (χ1) is 14.1. The van der Waals surface area contributed by atoms with Gasteiger partial charge < -0.3 is 14.2 Å². The molecule has 0 aromatic rings. The maximum atomic E-state index is 12.6. The number of carbonyl (C=O) groups excluding carboxylic acids is 2. The second kappa shape index (κ2) is 16.7. The second-order valence-corrected chi connectivity index (χ2v) is 8.63. The summed E-state index contributed by atoms with van der Waals surface area (Å²) < 4.78 is 16.1. The SMILES string of the molecule is CCCCCCCCCOC(=O)C1CCCCC1C(=O)OCCC(C)CCOC. The molecule has 0 N–H and O–H groups in total. The molecule has 0 heterocycles. The van der Waals surface area contributed by atoms with Crippen molar-refractivity contribution in [1.82, 2.24) is 0 Å². The first-order valence-electron chi connectivity index (χ1n) is 11.9. The summed E-state index contributed by atoms with van der Waals surface area (Å²) in [6.45, 7) is 5.97. The van der Waals surface area contributed by atoms with Crippen molar-refractivity contribution < 1.29 is 23.8 Å². The molecule has 29 heavy (non-hydrogen) atoms. The van der Waals surface area contributed by atoms with Gasteiger partial charge in [0.2, 0.25) is 0 Å². The van der Waals surface area contributed by atoms with E-state index in [4.69, 9.17) is 14.2 Å². The predicted molar refractivity (Wildman–Crippen MR) is 116 cm³/mol. The van der Waals surface area contributed by atoms with Gasteiger partial charge in [-0.05, 0) is 38.0 Å². The average molecular weight is 413 g/mol. The molecular formula is C24H44O5. The van der Waals surface area contributed by atoms with Crippen molar-refractivity contribution in [1.29, 1.82) is 0 Å². The molecule has 1 saturated carbocycles. The smallest absolute Gasteiger partial charge is 0.309 e. The standard InChI is InChI=1S/C24H44O5/c1-4-5-6-7-8-9-12-17-28-23(25)21-13-10-11-14-22(21)24(26)29-19-16-20(2)15-18-27-3/h20-22H,4-19H2,1-3H3. The summed E-state index contributed by atoms with van der Waals surface area (Å²) in [6.07, 6.45) is 13.6. The Kier molecular flexibility index (Phi) is 14.9. The monoisotopic (exact) mass is 412 g/mol. The van der Waals surface area contributed by atoms with E-state index in [2.05, 4.69) is 13.8 Å². The summed E-state index contributed by atoms with van der Waals surface area (Å²) in [4.78, 5) is 25.1. The number of carbonyl (C=O) groups is 2. The number of methoxy groups -OCH3 is 1. The topological polar surface area (TPSA) is 61.8 Å². The summed E-state index contributed by atoms with van der Waals surface area (Å²) >= 11 is 0. The van der Waals surface area contributed by atoms with Crippen molar-refractivity contribution >= 4 is 11.9 Å². The van der Waals surface area contributed by atoms with Crippen LogP contribution >= 0.6 is 0 Å². The van der Waals surface area contributed by atoms with Crippen LogP contribution in [0.5, 0.6) is 0 Å². The van der Waals surface area contributed by atoms with E-state index in [1.54, 1.807) is 7.11 Å². The van der Waals surface area contributed by atoms with E-state index in [0.717, 1.165) is 58.0 Å². The third-order valence-corrected chi connectivity index (χ3v) is 6.03. The lowest BCUT2D eigenvalue weighted by atomic mass is 9.79. The molecule has 170 valence electrons. The summed E-state index contributed by atoms with van der Waals surface area (Å²) in [7, 11) is 1.70. The minimum atomic E-state index is -0.334. The molecule has 0 saturated heterocycles. The zero-order valence-corrected chi connectivity index (χ0v) is 19.1. The Morgan fingerprint density at radius 2 is 1.31 bits per heavy atom. The second-order valence-electron chi connectivity index (χ2n) is 8.63. The van der Waals surface area contributed by atoms with Crippen molar-refractivity contribution in [2.75, 3.05) is 26.9 Å². The molecule has 0 aliphatic heterocycles. The van der Waals surface area contributed by atoms with Crippen LogP contribution in [-0.2, 0) is 23.8 Å². The average Bonchev–Trinajstić information content (AvgIpc) is 2.73. The Hall–Kier alpha value is -1.10. The maximum Gasteiger partial charge on any atom is 0.309 e. The van der Waals surface area contributed by atoms with Crippen LogP contribution in [0.1, 0.15) is 97.3 Å². The van der Waals surface area contributed by atoms with Crippen LogP contribution in [0.25, 0.3) is 0 Å². The Bertz CT molecular complexity index is 437. The molecule has 1 aliphatic carbocycles. The van der Waals surface area contributed by atoms with Gasteiger partial charge in [-0.15, -0.1) is 0 Å². The fourth-order valence-electron chi connectivity index (χ4n) is 3.97. The lowest BCUT2D eigenvalue weighted by molar-refractivity contribution is -0.163. The third kappa shape index (κ3) is 11.6. The van der Waals surface area contributed by atoms with Gasteiger partial charge in [-0.1, -0.05) is 65.2 Å². The molecule has 0 aromatic carbocycles. The van der Waals surface area contributed by atoms with Crippen LogP contribution in [0, 0.1) is 17.8 Å². The van der Waals surface area contributed by atoms with E-state index in [0.29, 0.717) is 19.1 Å². The Balaban J connectivity index is 2.27. The fraction of sp³-hybridized carbons (Fsp3) is 0.917. The predicted octanol–water partition coefficient (Wildman–Crippen LogP) is 5.69. The van der Waals surface area contributed by atoms with E-state index in [9.17, 15) is 9.59 Å². The van der Waals surface area contributed by atoms with Crippen molar-refractivity contribution in [2.24, 2.45) is 17.8 Å². The first-order valence-corrected chi connectivity index (χ1v) is 11.9. The zero-order valence-electron chi connectivity index (χ0n) is 19.1. The Morgan fingerprint density at radius 1 is 0.793 bits per heavy atom. The molecular weight excluding hydrogens is 368 g/mol. The molecule has 0 radical (unpaired) electrons. The van der Waals surface area contributed by atoms with Crippen LogP contribution in [0.3, 0.4) is 0 Å². The van der Waals surface area contributed by atoms with E-state index in [1.165, 1.54) is 32.1 Å². The number of rotatable bonds is 16. The molecule has 5 nitrogen and oxygen atoms in total. The van der Waals surface area contributed by atoms with Gasteiger partial charge in [-0.25, -0.2) is 0 Å². The highest BCUT2D eigenvalue weighted by Gasteiger charge is 2.37. The fourth-order valence-corrected chi connectivity index (χ4v) is 3.97. The van der Waals surface area contributed by atoms with Gasteiger partial charge in [0, 0.05) is 13.7 Å². The van der Waals surface area contributed by atoms with Crippen LogP contribution in [-0.4, -0.2) is 38.9 Å². The highest BCUT2D eigenvalue weighted by atomic mass is 16.5. The summed E-state index contributed by atoms with van der Waals surface area (Å²) in [5.74, 6) is -0.629. The van der Waals surface area contributed by atoms with Crippen LogP contribution < -0.4 is 0 Å². The summed E-state index contributed by atoms with van der Waals surface area (Å²) in [5.41, 5.74) is 0. The van der Waals surface area contributed by atoms with E-state index >= 15 is 0 Å². The molecule has 0 spiro atoms. The molecule has 0 amide bonds. The normalized spacial score (nSPS) is 20.2. The minimum Gasteiger partial charge on any atom is -0.465 e. The number of esters is 2. The largest absolute Gasteiger partial charge is 0.465 e. The van der Waals surface area contributed by atoms with Gasteiger partial charge >= 0.3 is 11.9 Å². The van der Waals surface area contributed by atoms with Crippen LogP contribution in [0.4, 0.5) is 0 Å². The lowest BCUT2D eigenvalue weighted by Gasteiger charge is -2.28. The molecule has 1 aliphatic rings. The van der Waals surface area contributed by atoms with Gasteiger partial charge in [-0.3, -0.25) is 9.59 Å². The Labute approximate surface area is 178 Å². The maximum absolute atomic E-state index is 12.6. The van der Waals surface area contributed by atoms with Crippen molar-refractivity contribution in [3.8, 4) is 0 Å². The van der Waals surface area contributed by atoms with Gasteiger partial charge in [0.25, 0.3) is 0 Å². The van der Waals surface area contributed by atoms with Gasteiger partial charge in [0.05, 0.1) is 25.0 Å². The minimum absolute atomic E-state index is 0.203. The van der Waals surface area contributed by atoms with E-state index in [-0.39, 0.29) is 23.8 Å². The van der Waals surface area contributed by atoms with E-state index < -0.39 is 0 Å². The number of ether oxygens (including phenoxy) is 3. The van der Waals surface area contributed by atoms with Crippen LogP contribution in [0.15, 0.2) is 0 Å². The number of unbranched alkanes of at least 4 members (excludes halogenated alkanes) is 6. The molecule has 0 aromatic heterocycles. The number of hydrogen-bond donors (Lipinski definition) is 0. The molecule has 5 heteroatoms. The molecule has 1 fully saturated rings. The van der Waals surface area contributed by atoms with Crippen molar-refractivity contribution in [2.45, 2.75) is 97.3 Å². The quantitative estimate of drug-likeness (QED) is 0.241. The van der Waals surface area contributed by atoms with Gasteiger partial charge in [0.1, 0.15) is 0 Å². The van der Waals surface area contributed by atoms with Crippen molar-refractivity contribution in [3.05, 3.63) is 0 Å². The lowest BCUT2D eigenvalue weighted by Crippen LogP contribution is -2.35.